The highest BCUT2D eigenvalue weighted by Crippen LogP contribution is 2.12. The number of esters is 1. The predicted octanol–water partition coefficient (Wildman–Crippen LogP) is -1.56. The maximum absolute atomic E-state index is 11.7. The Bertz CT molecular complexity index is 346. The molecule has 3 N–H and O–H groups in total. The molecule has 1 saturated heterocycles. The van der Waals surface area contributed by atoms with E-state index in [0.29, 0.717) is 13.2 Å². The molecule has 1 fully saturated rings. The quantitative estimate of drug-likeness (QED) is 0.593. The van der Waals surface area contributed by atoms with Gasteiger partial charge in [-0.05, 0) is 6.92 Å². The van der Waals surface area contributed by atoms with E-state index in [0.717, 1.165) is 0 Å². The number of rotatable bonds is 3. The van der Waals surface area contributed by atoms with Crippen molar-refractivity contribution < 1.29 is 23.9 Å². The zero-order chi connectivity index (χ0) is 13.7. The number of amides is 3. The second-order valence-electron chi connectivity index (χ2n) is 3.88. The fourth-order valence-corrected chi connectivity index (χ4v) is 1.80. The number of nitrogens with zero attached hydrogens (tertiary/aromatic N) is 1. The third-order valence-corrected chi connectivity index (χ3v) is 2.77. The first-order chi connectivity index (χ1) is 8.47. The molecule has 18 heavy (non-hydrogen) atoms. The van der Waals surface area contributed by atoms with Gasteiger partial charge in [0, 0.05) is 6.54 Å². The topological polar surface area (TPSA) is 111 Å². The van der Waals surface area contributed by atoms with Gasteiger partial charge in [0.05, 0.1) is 26.4 Å². The molecule has 102 valence electrons. The minimum Gasteiger partial charge on any atom is -0.468 e. The molecule has 8 heteroatoms. The maximum atomic E-state index is 11.7. The summed E-state index contributed by atoms with van der Waals surface area (Å²) in [6.45, 7) is 2.54. The molecule has 2 unspecified atom stereocenters. The highest BCUT2D eigenvalue weighted by molar-refractivity contribution is 5.96. The Balaban J connectivity index is 2.73. The number of nitrogens with two attached hydrogens (primary N) is 1. The van der Waals surface area contributed by atoms with Gasteiger partial charge in [-0.3, -0.25) is 19.8 Å². The van der Waals surface area contributed by atoms with Crippen molar-refractivity contribution in [3.8, 4) is 0 Å². The highest BCUT2D eigenvalue weighted by Gasteiger charge is 2.36. The summed E-state index contributed by atoms with van der Waals surface area (Å²) in [5.74, 6) is -1.04. The highest BCUT2D eigenvalue weighted by atomic mass is 16.5. The smallest absolute Gasteiger partial charge is 0.325 e. The molecule has 1 aliphatic rings. The molecule has 0 aliphatic carbocycles. The predicted molar refractivity (Wildman–Crippen MR) is 60.5 cm³/mol. The van der Waals surface area contributed by atoms with E-state index in [1.54, 1.807) is 11.8 Å². The van der Waals surface area contributed by atoms with Crippen molar-refractivity contribution in [1.82, 2.24) is 10.2 Å². The average molecular weight is 259 g/mol. The summed E-state index contributed by atoms with van der Waals surface area (Å²) in [6.07, 6.45) is 0. The molecule has 2 atom stereocenters. The number of hydrogen-bond acceptors (Lipinski definition) is 6. The molecule has 3 amide bonds. The number of morpholine rings is 1. The van der Waals surface area contributed by atoms with Crippen molar-refractivity contribution in [3.05, 3.63) is 0 Å². The van der Waals surface area contributed by atoms with Crippen LogP contribution in [-0.2, 0) is 19.1 Å². The van der Waals surface area contributed by atoms with Crippen molar-refractivity contribution in [2.24, 2.45) is 5.73 Å². The van der Waals surface area contributed by atoms with Crippen LogP contribution in [0.4, 0.5) is 4.79 Å². The first kappa shape index (κ1) is 14.4. The molecule has 0 bridgehead atoms. The Morgan fingerprint density at radius 2 is 2.17 bits per heavy atom. The summed E-state index contributed by atoms with van der Waals surface area (Å²) in [4.78, 5) is 35.5. The standard InChI is InChI=1S/C10H17N3O5/c1-6(8(14)12-10(11)16)13-3-4-18-5-7(13)9(15)17-2/h6-7H,3-5H2,1-2H3,(H3,11,12,14,16). The Morgan fingerprint density at radius 1 is 1.50 bits per heavy atom. The molecule has 1 heterocycles. The molecule has 0 radical (unpaired) electrons. The van der Waals surface area contributed by atoms with Gasteiger partial charge >= 0.3 is 12.0 Å². The first-order valence-corrected chi connectivity index (χ1v) is 5.49. The molecular weight excluding hydrogens is 242 g/mol. The van der Waals surface area contributed by atoms with Gasteiger partial charge in [-0.2, -0.15) is 0 Å². The van der Waals surface area contributed by atoms with E-state index in [9.17, 15) is 14.4 Å². The van der Waals surface area contributed by atoms with Crippen LogP contribution < -0.4 is 11.1 Å². The van der Waals surface area contributed by atoms with E-state index in [2.05, 4.69) is 4.74 Å². The first-order valence-electron chi connectivity index (χ1n) is 5.49. The van der Waals surface area contributed by atoms with Crippen molar-refractivity contribution in [1.29, 1.82) is 0 Å². The van der Waals surface area contributed by atoms with Crippen LogP contribution in [0.25, 0.3) is 0 Å². The van der Waals surface area contributed by atoms with Crippen LogP contribution in [0, 0.1) is 0 Å². The van der Waals surface area contributed by atoms with E-state index < -0.39 is 30.0 Å². The Morgan fingerprint density at radius 3 is 2.72 bits per heavy atom. The van der Waals surface area contributed by atoms with Gasteiger partial charge in [0.25, 0.3) is 0 Å². The number of hydrogen-bond donors (Lipinski definition) is 2. The van der Waals surface area contributed by atoms with Gasteiger partial charge in [0.1, 0.15) is 6.04 Å². The number of nitrogens with one attached hydrogen (secondary N) is 1. The summed E-state index contributed by atoms with van der Waals surface area (Å²) in [6, 6.07) is -2.25. The number of carbonyl (C=O) groups is 3. The van der Waals surface area contributed by atoms with E-state index in [-0.39, 0.29) is 6.61 Å². The number of urea groups is 1. The Kier molecular flexibility index (Phi) is 5.05. The third kappa shape index (κ3) is 3.41. The molecule has 8 nitrogen and oxygen atoms in total. The van der Waals surface area contributed by atoms with Crippen molar-refractivity contribution in [3.63, 3.8) is 0 Å². The number of methoxy groups -OCH3 is 1. The zero-order valence-electron chi connectivity index (χ0n) is 10.3. The van der Waals surface area contributed by atoms with E-state index >= 15 is 0 Å². The molecule has 0 saturated carbocycles. The number of carbonyl (C=O) groups excluding carboxylic acids is 3. The molecule has 0 aromatic heterocycles. The largest absolute Gasteiger partial charge is 0.468 e. The number of imide groups is 1. The summed E-state index contributed by atoms with van der Waals surface area (Å²) in [5, 5.41) is 1.98. The summed E-state index contributed by atoms with van der Waals surface area (Å²) >= 11 is 0. The summed E-state index contributed by atoms with van der Waals surface area (Å²) < 4.78 is 9.83. The lowest BCUT2D eigenvalue weighted by Gasteiger charge is -2.36. The van der Waals surface area contributed by atoms with Gasteiger partial charge in [0.2, 0.25) is 5.91 Å². The van der Waals surface area contributed by atoms with Crippen LogP contribution >= 0.6 is 0 Å². The van der Waals surface area contributed by atoms with Crippen LogP contribution in [-0.4, -0.2) is 61.8 Å². The Labute approximate surface area is 104 Å². The minimum absolute atomic E-state index is 0.154. The fourth-order valence-electron chi connectivity index (χ4n) is 1.80. The summed E-state index contributed by atoms with van der Waals surface area (Å²) in [5.41, 5.74) is 4.88. The number of primary amides is 1. The van der Waals surface area contributed by atoms with Crippen molar-refractivity contribution >= 4 is 17.9 Å². The maximum Gasteiger partial charge on any atom is 0.325 e. The van der Waals surface area contributed by atoms with Gasteiger partial charge in [-0.1, -0.05) is 0 Å². The van der Waals surface area contributed by atoms with Crippen LogP contribution in [0.3, 0.4) is 0 Å². The van der Waals surface area contributed by atoms with Gasteiger partial charge < -0.3 is 15.2 Å². The second kappa shape index (κ2) is 6.31. The van der Waals surface area contributed by atoms with Gasteiger partial charge in [0.15, 0.2) is 0 Å². The van der Waals surface area contributed by atoms with E-state index in [4.69, 9.17) is 10.5 Å². The lowest BCUT2D eigenvalue weighted by Crippen LogP contribution is -2.58. The molecule has 1 aliphatic heterocycles. The van der Waals surface area contributed by atoms with E-state index in [1.165, 1.54) is 7.11 Å². The van der Waals surface area contributed by atoms with Gasteiger partial charge in [-0.15, -0.1) is 0 Å². The molecular formula is C10H17N3O5. The Hall–Kier alpha value is -1.67. The third-order valence-electron chi connectivity index (χ3n) is 2.77. The number of ether oxygens (including phenoxy) is 2. The van der Waals surface area contributed by atoms with Crippen LogP contribution in [0.5, 0.6) is 0 Å². The lowest BCUT2D eigenvalue weighted by molar-refractivity contribution is -0.156. The molecule has 0 aromatic rings. The zero-order valence-corrected chi connectivity index (χ0v) is 10.3. The van der Waals surface area contributed by atoms with Crippen molar-refractivity contribution in [2.75, 3.05) is 26.9 Å². The SMILES string of the molecule is COC(=O)C1COCCN1C(C)C(=O)NC(N)=O. The van der Waals surface area contributed by atoms with Crippen molar-refractivity contribution in [2.45, 2.75) is 19.0 Å². The molecule has 0 aromatic carbocycles. The summed E-state index contributed by atoms with van der Waals surface area (Å²) in [7, 11) is 1.27. The molecule has 1 rings (SSSR count). The van der Waals surface area contributed by atoms with Crippen LogP contribution in [0.15, 0.2) is 0 Å². The minimum atomic E-state index is -0.922. The fraction of sp³-hybridized carbons (Fsp3) is 0.700. The normalized spacial score (nSPS) is 22.0. The molecule has 0 spiro atoms. The average Bonchev–Trinajstić information content (AvgIpc) is 2.36. The van der Waals surface area contributed by atoms with Crippen LogP contribution in [0.2, 0.25) is 0 Å². The van der Waals surface area contributed by atoms with E-state index in [1.807, 2.05) is 5.32 Å². The lowest BCUT2D eigenvalue weighted by atomic mass is 10.1. The second-order valence-corrected chi connectivity index (χ2v) is 3.88. The monoisotopic (exact) mass is 259 g/mol. The van der Waals surface area contributed by atoms with Gasteiger partial charge in [-0.25, -0.2) is 4.79 Å². The van der Waals surface area contributed by atoms with Crippen LogP contribution in [0.1, 0.15) is 6.92 Å².